The number of benzene rings is 1. The Morgan fingerprint density at radius 2 is 2.22 bits per heavy atom. The van der Waals surface area contributed by atoms with Crippen LogP contribution in [0, 0.1) is 0 Å². The Hall–Kier alpha value is -1.62. The third-order valence-corrected chi connectivity index (χ3v) is 2.80. The summed E-state index contributed by atoms with van der Waals surface area (Å²) in [4.78, 5) is 12.2. The van der Waals surface area contributed by atoms with Crippen LogP contribution < -0.4 is 4.74 Å². The summed E-state index contributed by atoms with van der Waals surface area (Å²) in [5, 5.41) is 4.07. The standard InChI is InChI=1S/C13H13BrN2O2/c1-2-18-13-6-4-3-5-11(13)12(17)9-16-8-10(14)7-15-16/h3-8H,2,9H2,1H3. The van der Waals surface area contributed by atoms with E-state index in [9.17, 15) is 4.79 Å². The molecular formula is C13H13BrN2O2. The molecule has 0 saturated heterocycles. The lowest BCUT2D eigenvalue weighted by Crippen LogP contribution is -2.12. The highest BCUT2D eigenvalue weighted by Gasteiger charge is 2.12. The van der Waals surface area contributed by atoms with E-state index in [-0.39, 0.29) is 12.3 Å². The van der Waals surface area contributed by atoms with Crippen LogP contribution in [0.15, 0.2) is 41.1 Å². The summed E-state index contributed by atoms with van der Waals surface area (Å²) >= 11 is 3.30. The van der Waals surface area contributed by atoms with Gasteiger partial charge in [-0.1, -0.05) is 12.1 Å². The van der Waals surface area contributed by atoms with Crippen LogP contribution in [0.3, 0.4) is 0 Å². The molecule has 0 radical (unpaired) electrons. The van der Waals surface area contributed by atoms with Crippen molar-refractivity contribution in [3.8, 4) is 5.75 Å². The van der Waals surface area contributed by atoms with Gasteiger partial charge in [-0.2, -0.15) is 5.10 Å². The van der Waals surface area contributed by atoms with Gasteiger partial charge >= 0.3 is 0 Å². The minimum atomic E-state index is -0.0188. The molecule has 1 aromatic heterocycles. The number of hydrogen-bond acceptors (Lipinski definition) is 3. The van der Waals surface area contributed by atoms with E-state index in [1.54, 1.807) is 29.2 Å². The van der Waals surface area contributed by atoms with Crippen LogP contribution in [0.2, 0.25) is 0 Å². The first kappa shape index (κ1) is 12.8. The van der Waals surface area contributed by atoms with E-state index in [4.69, 9.17) is 4.74 Å². The third kappa shape index (κ3) is 2.98. The smallest absolute Gasteiger partial charge is 0.187 e. The van der Waals surface area contributed by atoms with Crippen molar-refractivity contribution in [2.24, 2.45) is 0 Å². The molecule has 2 rings (SSSR count). The van der Waals surface area contributed by atoms with Gasteiger partial charge < -0.3 is 4.74 Å². The van der Waals surface area contributed by atoms with E-state index in [2.05, 4.69) is 21.0 Å². The van der Waals surface area contributed by atoms with Crippen LogP contribution in [-0.4, -0.2) is 22.2 Å². The predicted molar refractivity (Wildman–Crippen MR) is 71.9 cm³/mol. The number of halogens is 1. The molecule has 0 atom stereocenters. The molecule has 18 heavy (non-hydrogen) atoms. The van der Waals surface area contributed by atoms with Gasteiger partial charge in [-0.15, -0.1) is 0 Å². The van der Waals surface area contributed by atoms with E-state index in [0.717, 1.165) is 4.47 Å². The summed E-state index contributed by atoms with van der Waals surface area (Å²) in [6.07, 6.45) is 3.42. The molecule has 1 heterocycles. The van der Waals surface area contributed by atoms with Gasteiger partial charge in [0.25, 0.3) is 0 Å². The molecule has 0 saturated carbocycles. The van der Waals surface area contributed by atoms with Crippen LogP contribution >= 0.6 is 15.9 Å². The number of carbonyl (C=O) groups excluding carboxylic acids is 1. The molecular weight excluding hydrogens is 296 g/mol. The normalized spacial score (nSPS) is 10.3. The fourth-order valence-electron chi connectivity index (χ4n) is 1.64. The zero-order valence-electron chi connectivity index (χ0n) is 9.97. The quantitative estimate of drug-likeness (QED) is 0.798. The van der Waals surface area contributed by atoms with E-state index in [1.807, 2.05) is 19.1 Å². The van der Waals surface area contributed by atoms with Crippen molar-refractivity contribution in [3.63, 3.8) is 0 Å². The molecule has 4 nitrogen and oxygen atoms in total. The second kappa shape index (κ2) is 5.82. The lowest BCUT2D eigenvalue weighted by atomic mass is 10.1. The Bertz CT molecular complexity index is 551. The lowest BCUT2D eigenvalue weighted by molar-refractivity contribution is 0.0964. The topological polar surface area (TPSA) is 44.1 Å². The Morgan fingerprint density at radius 1 is 1.44 bits per heavy atom. The number of aromatic nitrogens is 2. The molecule has 2 aromatic rings. The second-order valence-electron chi connectivity index (χ2n) is 3.71. The number of nitrogens with zero attached hydrogens (tertiary/aromatic N) is 2. The summed E-state index contributed by atoms with van der Waals surface area (Å²) in [5.74, 6) is 0.603. The third-order valence-electron chi connectivity index (χ3n) is 2.39. The minimum absolute atomic E-state index is 0.0188. The van der Waals surface area contributed by atoms with Crippen LogP contribution in [0.4, 0.5) is 0 Å². The average Bonchev–Trinajstić information content (AvgIpc) is 2.76. The number of ketones is 1. The molecule has 0 amide bonds. The first-order valence-electron chi connectivity index (χ1n) is 5.63. The Kier molecular flexibility index (Phi) is 4.15. The van der Waals surface area contributed by atoms with Gasteiger partial charge in [-0.3, -0.25) is 9.48 Å². The molecule has 0 aliphatic carbocycles. The van der Waals surface area contributed by atoms with Gasteiger partial charge in [-0.25, -0.2) is 0 Å². The van der Waals surface area contributed by atoms with Crippen LogP contribution in [0.5, 0.6) is 5.75 Å². The highest BCUT2D eigenvalue weighted by Crippen LogP contribution is 2.19. The summed E-state index contributed by atoms with van der Waals surface area (Å²) < 4.78 is 7.89. The highest BCUT2D eigenvalue weighted by molar-refractivity contribution is 9.10. The Balaban J connectivity index is 2.18. The summed E-state index contributed by atoms with van der Waals surface area (Å²) in [6, 6.07) is 7.25. The van der Waals surface area contributed by atoms with Gasteiger partial charge in [0.1, 0.15) is 12.3 Å². The number of rotatable bonds is 5. The monoisotopic (exact) mass is 308 g/mol. The molecule has 0 N–H and O–H groups in total. The van der Waals surface area contributed by atoms with Gasteiger partial charge in [-0.05, 0) is 35.0 Å². The Morgan fingerprint density at radius 3 is 2.89 bits per heavy atom. The molecule has 0 fully saturated rings. The fourth-order valence-corrected chi connectivity index (χ4v) is 1.96. The first-order chi connectivity index (χ1) is 8.70. The number of ether oxygens (including phenoxy) is 1. The summed E-state index contributed by atoms with van der Waals surface area (Å²) in [6.45, 7) is 2.64. The molecule has 5 heteroatoms. The van der Waals surface area contributed by atoms with E-state index in [1.165, 1.54) is 0 Å². The molecule has 1 aromatic carbocycles. The fraction of sp³-hybridized carbons (Fsp3) is 0.231. The zero-order chi connectivity index (χ0) is 13.0. The van der Waals surface area contributed by atoms with Crippen molar-refractivity contribution in [1.82, 2.24) is 9.78 Å². The minimum Gasteiger partial charge on any atom is -0.493 e. The first-order valence-corrected chi connectivity index (χ1v) is 6.43. The molecule has 0 bridgehead atoms. The average molecular weight is 309 g/mol. The number of hydrogen-bond donors (Lipinski definition) is 0. The van der Waals surface area contributed by atoms with Crippen molar-refractivity contribution >= 4 is 21.7 Å². The predicted octanol–water partition coefficient (Wildman–Crippen LogP) is 2.93. The summed E-state index contributed by atoms with van der Waals surface area (Å²) in [5.41, 5.74) is 0.589. The lowest BCUT2D eigenvalue weighted by Gasteiger charge is -2.08. The maximum Gasteiger partial charge on any atom is 0.187 e. The van der Waals surface area contributed by atoms with Crippen molar-refractivity contribution in [2.75, 3.05) is 6.61 Å². The van der Waals surface area contributed by atoms with Crippen molar-refractivity contribution in [1.29, 1.82) is 0 Å². The van der Waals surface area contributed by atoms with Crippen molar-refractivity contribution < 1.29 is 9.53 Å². The molecule has 0 aliphatic rings. The highest BCUT2D eigenvalue weighted by atomic mass is 79.9. The maximum absolute atomic E-state index is 12.2. The van der Waals surface area contributed by atoms with Gasteiger partial charge in [0.15, 0.2) is 5.78 Å². The van der Waals surface area contributed by atoms with Gasteiger partial charge in [0.2, 0.25) is 0 Å². The van der Waals surface area contributed by atoms with E-state index < -0.39 is 0 Å². The molecule has 0 aliphatic heterocycles. The molecule has 0 spiro atoms. The van der Waals surface area contributed by atoms with Crippen LogP contribution in [0.25, 0.3) is 0 Å². The largest absolute Gasteiger partial charge is 0.493 e. The van der Waals surface area contributed by atoms with E-state index >= 15 is 0 Å². The molecule has 94 valence electrons. The van der Waals surface area contributed by atoms with Crippen LogP contribution in [0.1, 0.15) is 17.3 Å². The van der Waals surface area contributed by atoms with Crippen molar-refractivity contribution in [2.45, 2.75) is 13.5 Å². The second-order valence-corrected chi connectivity index (χ2v) is 4.62. The number of Topliss-reactive ketones (excluding diaryl/α,β-unsaturated/α-hetero) is 1. The maximum atomic E-state index is 12.2. The van der Waals surface area contributed by atoms with Gasteiger partial charge in [0, 0.05) is 6.20 Å². The van der Waals surface area contributed by atoms with Crippen molar-refractivity contribution in [3.05, 3.63) is 46.7 Å². The van der Waals surface area contributed by atoms with E-state index in [0.29, 0.717) is 17.9 Å². The number of para-hydroxylation sites is 1. The molecule has 0 unspecified atom stereocenters. The number of carbonyl (C=O) groups is 1. The zero-order valence-corrected chi connectivity index (χ0v) is 11.6. The SMILES string of the molecule is CCOc1ccccc1C(=O)Cn1cc(Br)cn1. The summed E-state index contributed by atoms with van der Waals surface area (Å²) in [7, 11) is 0. The van der Waals surface area contributed by atoms with Crippen LogP contribution in [-0.2, 0) is 6.54 Å². The Labute approximate surface area is 114 Å². The van der Waals surface area contributed by atoms with Gasteiger partial charge in [0.05, 0.1) is 22.8 Å².